The van der Waals surface area contributed by atoms with Crippen molar-refractivity contribution in [2.75, 3.05) is 5.32 Å². The minimum absolute atomic E-state index is 0.0201. The first kappa shape index (κ1) is 15.7. The Morgan fingerprint density at radius 2 is 2.00 bits per heavy atom. The van der Waals surface area contributed by atoms with E-state index in [0.29, 0.717) is 22.6 Å². The zero-order valence-electron chi connectivity index (χ0n) is 13.1. The number of hydrogen-bond acceptors (Lipinski definition) is 3. The molecule has 2 N–H and O–H groups in total. The first-order valence-electron chi connectivity index (χ1n) is 7.31. The largest absolute Gasteiger partial charge is 0.464 e. The predicted molar refractivity (Wildman–Crippen MR) is 88.6 cm³/mol. The Morgan fingerprint density at radius 1 is 1.21 bits per heavy atom. The van der Waals surface area contributed by atoms with E-state index < -0.39 is 17.3 Å². The molecule has 0 unspecified atom stereocenters. The van der Waals surface area contributed by atoms with E-state index in [1.807, 2.05) is 0 Å². The average Bonchev–Trinajstić information content (AvgIpc) is 3.02. The van der Waals surface area contributed by atoms with Crippen LogP contribution in [0.25, 0.3) is 11.3 Å². The number of H-pyrrole nitrogens is 1. The third kappa shape index (κ3) is 2.99. The summed E-state index contributed by atoms with van der Waals surface area (Å²) >= 11 is 0. The molecule has 2 heterocycles. The lowest BCUT2D eigenvalue weighted by Gasteiger charge is -2.09. The van der Waals surface area contributed by atoms with E-state index >= 15 is 0 Å². The lowest BCUT2D eigenvalue weighted by molar-refractivity contribution is 0.102. The highest BCUT2D eigenvalue weighted by Gasteiger charge is 2.17. The number of anilines is 1. The fourth-order valence-electron chi connectivity index (χ4n) is 2.54. The van der Waals surface area contributed by atoms with Gasteiger partial charge in [-0.25, -0.2) is 4.39 Å². The van der Waals surface area contributed by atoms with Crippen LogP contribution in [-0.4, -0.2) is 10.9 Å². The van der Waals surface area contributed by atoms with Crippen LogP contribution in [0.5, 0.6) is 0 Å². The molecule has 2 aromatic heterocycles. The van der Waals surface area contributed by atoms with Crippen LogP contribution >= 0.6 is 0 Å². The molecule has 5 nitrogen and oxygen atoms in total. The van der Waals surface area contributed by atoms with Crippen molar-refractivity contribution in [1.29, 1.82) is 0 Å². The van der Waals surface area contributed by atoms with Crippen LogP contribution in [0.15, 0.2) is 51.9 Å². The summed E-state index contributed by atoms with van der Waals surface area (Å²) in [5.41, 5.74) is 1.23. The van der Waals surface area contributed by atoms with Crippen LogP contribution in [0.3, 0.4) is 0 Å². The molecule has 0 fully saturated rings. The molecule has 24 heavy (non-hydrogen) atoms. The van der Waals surface area contributed by atoms with Crippen LogP contribution in [0, 0.1) is 19.7 Å². The first-order chi connectivity index (χ1) is 11.5. The molecule has 3 rings (SSSR count). The summed E-state index contributed by atoms with van der Waals surface area (Å²) in [6, 6.07) is 9.38. The summed E-state index contributed by atoms with van der Waals surface area (Å²) in [6.07, 6.45) is 1.51. The molecule has 0 aliphatic heterocycles. The zero-order valence-corrected chi connectivity index (χ0v) is 13.1. The van der Waals surface area contributed by atoms with Crippen molar-refractivity contribution in [3.05, 3.63) is 75.7 Å². The fourth-order valence-corrected chi connectivity index (χ4v) is 2.54. The van der Waals surface area contributed by atoms with Crippen molar-refractivity contribution in [2.45, 2.75) is 13.8 Å². The lowest BCUT2D eigenvalue weighted by Crippen LogP contribution is -2.25. The van der Waals surface area contributed by atoms with E-state index in [1.165, 1.54) is 18.4 Å². The Kier molecular flexibility index (Phi) is 4.04. The molecule has 0 atom stereocenters. The molecule has 0 saturated carbocycles. The SMILES string of the molecule is Cc1cc(C)c(C(=O)Nc2cc(-c3ccco3)ccc2F)c(=O)[nH]1. The molecule has 1 aromatic carbocycles. The van der Waals surface area contributed by atoms with E-state index in [4.69, 9.17) is 4.42 Å². The average molecular weight is 326 g/mol. The Hall–Kier alpha value is -3.15. The molecule has 3 aromatic rings. The second-order valence-electron chi connectivity index (χ2n) is 5.47. The molecule has 0 radical (unpaired) electrons. The smallest absolute Gasteiger partial charge is 0.261 e. The maximum atomic E-state index is 14.0. The number of furan rings is 1. The van der Waals surface area contributed by atoms with Gasteiger partial charge in [-0.15, -0.1) is 0 Å². The standard InChI is InChI=1S/C18H15FN2O3/c1-10-8-11(2)20-17(22)16(10)18(23)21-14-9-12(5-6-13(14)19)15-4-3-7-24-15/h3-9H,1-2H3,(H,20,22)(H,21,23). The Morgan fingerprint density at radius 3 is 2.67 bits per heavy atom. The number of benzene rings is 1. The van der Waals surface area contributed by atoms with E-state index in [1.54, 1.807) is 38.1 Å². The maximum absolute atomic E-state index is 14.0. The quantitative estimate of drug-likeness (QED) is 0.771. The van der Waals surface area contributed by atoms with Crippen molar-refractivity contribution in [1.82, 2.24) is 4.98 Å². The van der Waals surface area contributed by atoms with Crippen LogP contribution < -0.4 is 10.9 Å². The van der Waals surface area contributed by atoms with Crippen molar-refractivity contribution in [2.24, 2.45) is 0 Å². The third-order valence-electron chi connectivity index (χ3n) is 3.61. The van der Waals surface area contributed by atoms with Crippen molar-refractivity contribution in [3.8, 4) is 11.3 Å². The number of carbonyl (C=O) groups excluding carboxylic acids is 1. The summed E-state index contributed by atoms with van der Waals surface area (Å²) in [5, 5.41) is 2.45. The molecule has 0 spiro atoms. The van der Waals surface area contributed by atoms with Gasteiger partial charge in [0.05, 0.1) is 12.0 Å². The summed E-state index contributed by atoms with van der Waals surface area (Å²) in [6.45, 7) is 3.38. The van der Waals surface area contributed by atoms with Crippen LogP contribution in [-0.2, 0) is 0 Å². The molecule has 0 bridgehead atoms. The third-order valence-corrected chi connectivity index (χ3v) is 3.61. The van der Waals surface area contributed by atoms with Gasteiger partial charge >= 0.3 is 0 Å². The van der Waals surface area contributed by atoms with Gasteiger partial charge in [0.25, 0.3) is 11.5 Å². The number of carbonyl (C=O) groups is 1. The van der Waals surface area contributed by atoms with Crippen LogP contribution in [0.1, 0.15) is 21.6 Å². The molecule has 6 heteroatoms. The molecular weight excluding hydrogens is 311 g/mol. The number of hydrogen-bond donors (Lipinski definition) is 2. The number of halogens is 1. The van der Waals surface area contributed by atoms with Gasteiger partial charge in [-0.2, -0.15) is 0 Å². The highest BCUT2D eigenvalue weighted by atomic mass is 19.1. The maximum Gasteiger partial charge on any atom is 0.261 e. The Labute approximate surface area is 137 Å². The Bertz CT molecular complexity index is 959. The van der Waals surface area contributed by atoms with Gasteiger partial charge in [0, 0.05) is 11.3 Å². The second kappa shape index (κ2) is 6.16. The van der Waals surface area contributed by atoms with Crippen LogP contribution in [0.4, 0.5) is 10.1 Å². The number of pyridine rings is 1. The predicted octanol–water partition coefficient (Wildman–Crippen LogP) is 3.64. The number of nitrogens with one attached hydrogen (secondary N) is 2. The van der Waals surface area contributed by atoms with E-state index in [-0.39, 0.29) is 11.3 Å². The van der Waals surface area contributed by atoms with Gasteiger partial charge < -0.3 is 14.7 Å². The van der Waals surface area contributed by atoms with Gasteiger partial charge in [-0.1, -0.05) is 0 Å². The number of amides is 1. The number of aryl methyl sites for hydroxylation is 2. The summed E-state index contributed by atoms with van der Waals surface area (Å²) in [7, 11) is 0. The molecule has 0 saturated heterocycles. The van der Waals surface area contributed by atoms with Crippen LogP contribution in [0.2, 0.25) is 0 Å². The molecule has 0 aliphatic carbocycles. The fraction of sp³-hybridized carbons (Fsp3) is 0.111. The minimum Gasteiger partial charge on any atom is -0.464 e. The summed E-state index contributed by atoms with van der Waals surface area (Å²) in [4.78, 5) is 27.0. The Balaban J connectivity index is 1.95. The van der Waals surface area contributed by atoms with Crippen molar-refractivity contribution in [3.63, 3.8) is 0 Å². The lowest BCUT2D eigenvalue weighted by atomic mass is 10.1. The van der Waals surface area contributed by atoms with Gasteiger partial charge in [-0.3, -0.25) is 9.59 Å². The van der Waals surface area contributed by atoms with Crippen molar-refractivity contribution < 1.29 is 13.6 Å². The molecule has 0 aliphatic rings. The molecule has 1 amide bonds. The number of rotatable bonds is 3. The highest BCUT2D eigenvalue weighted by Crippen LogP contribution is 2.25. The molecular formula is C18H15FN2O3. The summed E-state index contributed by atoms with van der Waals surface area (Å²) in [5.74, 6) is -0.709. The summed E-state index contributed by atoms with van der Waals surface area (Å²) < 4.78 is 19.3. The second-order valence-corrected chi connectivity index (χ2v) is 5.47. The minimum atomic E-state index is -0.663. The molecule has 122 valence electrons. The number of aromatic nitrogens is 1. The zero-order chi connectivity index (χ0) is 17.3. The van der Waals surface area contributed by atoms with Gasteiger partial charge in [-0.05, 0) is 55.8 Å². The monoisotopic (exact) mass is 326 g/mol. The van der Waals surface area contributed by atoms with Crippen molar-refractivity contribution >= 4 is 11.6 Å². The van der Waals surface area contributed by atoms with Gasteiger partial charge in [0.15, 0.2) is 0 Å². The van der Waals surface area contributed by atoms with Gasteiger partial charge in [0.1, 0.15) is 17.1 Å². The highest BCUT2D eigenvalue weighted by molar-refractivity contribution is 6.05. The first-order valence-corrected chi connectivity index (χ1v) is 7.31. The normalized spacial score (nSPS) is 10.6. The topological polar surface area (TPSA) is 75.1 Å². The van der Waals surface area contributed by atoms with E-state index in [9.17, 15) is 14.0 Å². The van der Waals surface area contributed by atoms with E-state index in [2.05, 4.69) is 10.3 Å². The van der Waals surface area contributed by atoms with Gasteiger partial charge in [0.2, 0.25) is 0 Å². The van der Waals surface area contributed by atoms with E-state index in [0.717, 1.165) is 0 Å². The number of aromatic amines is 1.